The van der Waals surface area contributed by atoms with Gasteiger partial charge in [-0.3, -0.25) is 0 Å². The predicted octanol–water partition coefficient (Wildman–Crippen LogP) is 3.53. The maximum atomic E-state index is 11.8. The molecule has 0 saturated heterocycles. The summed E-state index contributed by atoms with van der Waals surface area (Å²) in [6.07, 6.45) is -2.97. The molecule has 0 aromatic rings. The Morgan fingerprint density at radius 1 is 1.33 bits per heavy atom. The molecule has 0 aromatic heterocycles. The zero-order valence-corrected chi connectivity index (χ0v) is 10.0. The van der Waals surface area contributed by atoms with E-state index in [0.717, 1.165) is 6.42 Å². The molecule has 0 unspecified atom stereocenters. The largest absolute Gasteiger partial charge is 0.466 e. The van der Waals surface area contributed by atoms with E-state index >= 15 is 0 Å². The van der Waals surface area contributed by atoms with Crippen LogP contribution in [-0.2, 0) is 16.5 Å². The maximum absolute atomic E-state index is 11.8. The van der Waals surface area contributed by atoms with Crippen LogP contribution in [0.5, 0.6) is 0 Å². The molecule has 0 atom stereocenters. The molecule has 0 rings (SSSR count). The average Bonchev–Trinajstić information content (AvgIpc) is 1.98. The van der Waals surface area contributed by atoms with Gasteiger partial charge >= 0.3 is 6.18 Å². The second-order valence-corrected chi connectivity index (χ2v) is 3.32. The Morgan fingerprint density at radius 3 is 2.20 bits per heavy atom. The van der Waals surface area contributed by atoms with Crippen molar-refractivity contribution in [2.24, 2.45) is 4.99 Å². The molecule has 2 nitrogen and oxygen atoms in total. The van der Waals surface area contributed by atoms with Crippen molar-refractivity contribution >= 4 is 5.84 Å². The molecule has 0 aliphatic rings. The van der Waals surface area contributed by atoms with Gasteiger partial charge in [0.2, 0.25) is 0 Å². The Balaban J connectivity index is 0. The molecule has 0 spiro atoms. The van der Waals surface area contributed by atoms with E-state index < -0.39 is 12.7 Å². The number of aliphatic imine (C=N–C) groups is 1. The smallest absolute Gasteiger partial charge is 0.388 e. The number of alkyl halides is 3. The maximum Gasteiger partial charge on any atom is 0.388 e. The first-order valence-electron chi connectivity index (χ1n) is 4.66. The third-order valence-corrected chi connectivity index (χ3v) is 1.32. The summed E-state index contributed by atoms with van der Waals surface area (Å²) in [7, 11) is 0. The molecule has 0 aliphatic heterocycles. The minimum atomic E-state index is -4.23. The average molecular weight is 268 g/mol. The molecule has 0 aliphatic carbocycles. The second kappa shape index (κ2) is 7.97. The number of hydrogen-bond acceptors (Lipinski definition) is 1. The number of amidine groups is 1. The quantitative estimate of drug-likeness (QED) is 0.423. The second-order valence-electron chi connectivity index (χ2n) is 3.32. The third-order valence-electron chi connectivity index (χ3n) is 1.32. The fraction of sp³-hybridized carbons (Fsp3) is 0.889. The van der Waals surface area contributed by atoms with Crippen molar-refractivity contribution in [1.82, 2.24) is 0 Å². The summed E-state index contributed by atoms with van der Waals surface area (Å²) in [5.74, 6) is 0.319. The van der Waals surface area contributed by atoms with Crippen molar-refractivity contribution in [2.45, 2.75) is 45.8 Å². The fourth-order valence-electron chi connectivity index (χ4n) is 0.887. The first-order chi connectivity index (χ1) is 6.35. The van der Waals surface area contributed by atoms with E-state index in [0.29, 0.717) is 12.3 Å². The van der Waals surface area contributed by atoms with Gasteiger partial charge in [0.1, 0.15) is 0 Å². The van der Waals surface area contributed by atoms with Crippen LogP contribution in [-0.4, -0.2) is 24.6 Å². The summed E-state index contributed by atoms with van der Waals surface area (Å²) in [4.78, 5) is 4.02. The van der Waals surface area contributed by atoms with Crippen molar-refractivity contribution in [3.05, 3.63) is 5.32 Å². The number of hydrogen-bond donors (Lipinski definition) is 0. The number of halogens is 3. The molecular weight excluding hydrogens is 252 g/mol. The van der Waals surface area contributed by atoms with Crippen molar-refractivity contribution < 1.29 is 29.7 Å². The minimum Gasteiger partial charge on any atom is -0.466 e. The third kappa shape index (κ3) is 11.7. The van der Waals surface area contributed by atoms with E-state index in [9.17, 15) is 13.2 Å². The summed E-state index contributed by atoms with van der Waals surface area (Å²) >= 11 is 0. The molecule has 0 amide bonds. The Bertz CT molecular complexity index is 190. The summed E-state index contributed by atoms with van der Waals surface area (Å²) in [5, 5.41) is 3.45. The molecule has 0 radical (unpaired) electrons. The topological polar surface area (TPSA) is 26.5 Å². The van der Waals surface area contributed by atoms with E-state index in [1.165, 1.54) is 0 Å². The number of nitrogens with zero attached hydrogens (tertiary/aromatic N) is 2. The van der Waals surface area contributed by atoms with Gasteiger partial charge in [-0.2, -0.15) is 13.2 Å². The van der Waals surface area contributed by atoms with Gasteiger partial charge in [-0.25, -0.2) is 0 Å². The van der Waals surface area contributed by atoms with Crippen LogP contribution in [0.4, 0.5) is 13.2 Å². The Labute approximate surface area is 98.6 Å². The van der Waals surface area contributed by atoms with Crippen molar-refractivity contribution in [2.75, 3.05) is 6.54 Å². The molecule has 0 aromatic carbocycles. The first-order valence-corrected chi connectivity index (χ1v) is 4.66. The van der Waals surface area contributed by atoms with E-state index in [-0.39, 0.29) is 22.5 Å². The van der Waals surface area contributed by atoms with E-state index in [4.69, 9.17) is 0 Å². The van der Waals surface area contributed by atoms with E-state index in [1.54, 1.807) is 0 Å². The van der Waals surface area contributed by atoms with Gasteiger partial charge in [0.15, 0.2) is 0 Å². The zero-order chi connectivity index (χ0) is 11.2. The van der Waals surface area contributed by atoms with Crippen LogP contribution < -0.4 is 0 Å². The van der Waals surface area contributed by atoms with E-state index in [1.807, 2.05) is 20.8 Å². The normalized spacial score (nSPS) is 12.6. The van der Waals surface area contributed by atoms with Crippen LogP contribution in [0.25, 0.3) is 5.32 Å². The van der Waals surface area contributed by atoms with E-state index in [2.05, 4.69) is 10.3 Å². The Hall–Kier alpha value is -0.246. The van der Waals surface area contributed by atoms with Crippen LogP contribution in [0.2, 0.25) is 0 Å². The molecule has 0 fully saturated rings. The first kappa shape index (κ1) is 17.2. The Morgan fingerprint density at radius 2 is 1.87 bits per heavy atom. The van der Waals surface area contributed by atoms with Gasteiger partial charge in [-0.05, 0) is 12.5 Å². The zero-order valence-electron chi connectivity index (χ0n) is 9.04. The van der Waals surface area contributed by atoms with Crippen LogP contribution in [0.15, 0.2) is 4.99 Å². The van der Waals surface area contributed by atoms with Gasteiger partial charge in [-0.15, -0.1) is 0 Å². The molecule has 0 saturated carbocycles. The van der Waals surface area contributed by atoms with Crippen LogP contribution >= 0.6 is 0 Å². The molecule has 0 bridgehead atoms. The van der Waals surface area contributed by atoms with Crippen molar-refractivity contribution in [1.29, 1.82) is 0 Å². The summed E-state index contributed by atoms with van der Waals surface area (Å²) < 4.78 is 35.5. The van der Waals surface area contributed by atoms with Gasteiger partial charge in [0, 0.05) is 23.0 Å². The Kier molecular flexibility index (Phi) is 9.12. The molecule has 0 N–H and O–H groups in total. The summed E-state index contributed by atoms with van der Waals surface area (Å²) in [6.45, 7) is 4.40. The number of rotatable bonds is 4. The summed E-state index contributed by atoms with van der Waals surface area (Å²) in [6, 6.07) is -0.00599. The standard InChI is InChI=1S/C9H16F3N2.Ni/c1-4-5-8(14-7(2)3)13-6-9(10,11)12;/h7H,4-6H2,1-3H3;/q-1;. The SMILES string of the molecule is CCCC(=NC(C)C)[N-]CC(F)(F)F.[Ni]. The molecule has 94 valence electrons. The van der Waals surface area contributed by atoms with Crippen molar-refractivity contribution in [3.63, 3.8) is 0 Å². The van der Waals surface area contributed by atoms with Crippen LogP contribution in [0.3, 0.4) is 0 Å². The van der Waals surface area contributed by atoms with Crippen LogP contribution in [0, 0.1) is 0 Å². The monoisotopic (exact) mass is 267 g/mol. The fourth-order valence-corrected chi connectivity index (χ4v) is 0.887. The van der Waals surface area contributed by atoms with Gasteiger partial charge in [-0.1, -0.05) is 33.0 Å². The molecule has 15 heavy (non-hydrogen) atoms. The van der Waals surface area contributed by atoms with Gasteiger partial charge < -0.3 is 10.3 Å². The van der Waals surface area contributed by atoms with Gasteiger partial charge in [0.25, 0.3) is 0 Å². The molecule has 0 heterocycles. The predicted molar refractivity (Wildman–Crippen MR) is 51.8 cm³/mol. The molecular formula is C9H16F3N2Ni-. The summed E-state index contributed by atoms with van der Waals surface area (Å²) in [5.41, 5.74) is 0. The molecule has 6 heteroatoms. The van der Waals surface area contributed by atoms with Crippen molar-refractivity contribution in [3.8, 4) is 0 Å². The van der Waals surface area contributed by atoms with Crippen LogP contribution in [0.1, 0.15) is 33.6 Å². The minimum absolute atomic E-state index is 0. The van der Waals surface area contributed by atoms with Gasteiger partial charge in [0.05, 0.1) is 0 Å².